The molecule has 0 fully saturated rings. The molecule has 0 atom stereocenters. The van der Waals surface area contributed by atoms with Crippen molar-refractivity contribution in [3.8, 4) is 23.0 Å². The van der Waals surface area contributed by atoms with Crippen molar-refractivity contribution in [3.05, 3.63) is 30.2 Å². The van der Waals surface area contributed by atoms with Crippen LogP contribution in [0, 0.1) is 0 Å². The minimum absolute atomic E-state index is 0.538. The molecule has 2 aromatic rings. The summed E-state index contributed by atoms with van der Waals surface area (Å²) >= 11 is 0. The number of hydrogen-bond acceptors (Lipinski definition) is 6. The second-order valence-electron chi connectivity index (χ2n) is 4.41. The van der Waals surface area contributed by atoms with Gasteiger partial charge in [-0.15, -0.1) is 0 Å². The summed E-state index contributed by atoms with van der Waals surface area (Å²) in [5.41, 5.74) is 1.65. The monoisotopic (exact) mass is 292 g/mol. The van der Waals surface area contributed by atoms with E-state index in [2.05, 4.69) is 10.3 Å². The highest BCUT2D eigenvalue weighted by Gasteiger charge is 2.10. The second-order valence-corrected chi connectivity index (χ2v) is 4.41. The zero-order chi connectivity index (χ0) is 15.1. The average Bonchev–Trinajstić information content (AvgIpc) is 3.00. The summed E-state index contributed by atoms with van der Waals surface area (Å²) in [5, 5.41) is 3.22. The zero-order valence-electron chi connectivity index (χ0n) is 12.5. The quantitative estimate of drug-likeness (QED) is 0.752. The Morgan fingerprint density at radius 2 is 1.81 bits per heavy atom. The molecule has 0 spiro atoms. The van der Waals surface area contributed by atoms with E-state index in [1.54, 1.807) is 33.7 Å². The highest BCUT2D eigenvalue weighted by atomic mass is 16.5. The van der Waals surface area contributed by atoms with Crippen LogP contribution >= 0.6 is 0 Å². The number of methoxy groups -OCH3 is 3. The van der Waals surface area contributed by atoms with Crippen molar-refractivity contribution in [2.24, 2.45) is 0 Å². The minimum atomic E-state index is 0.538. The molecular formula is C15H20N2O4. The van der Waals surface area contributed by atoms with E-state index in [-0.39, 0.29) is 0 Å². The van der Waals surface area contributed by atoms with Crippen LogP contribution in [0.5, 0.6) is 11.5 Å². The van der Waals surface area contributed by atoms with E-state index in [1.165, 1.54) is 0 Å². The van der Waals surface area contributed by atoms with Gasteiger partial charge in [0.1, 0.15) is 17.8 Å². The predicted octanol–water partition coefficient (Wildman–Crippen LogP) is 2.09. The van der Waals surface area contributed by atoms with Gasteiger partial charge in [0.15, 0.2) is 0 Å². The van der Waals surface area contributed by atoms with Crippen LogP contribution in [0.3, 0.4) is 0 Å². The van der Waals surface area contributed by atoms with Crippen molar-refractivity contribution in [2.75, 3.05) is 34.5 Å². The van der Waals surface area contributed by atoms with Crippen molar-refractivity contribution in [3.63, 3.8) is 0 Å². The van der Waals surface area contributed by atoms with Crippen LogP contribution in [-0.4, -0.2) is 39.5 Å². The molecule has 0 bridgehead atoms. The molecule has 0 aliphatic carbocycles. The molecule has 1 heterocycles. The van der Waals surface area contributed by atoms with E-state index >= 15 is 0 Å². The third kappa shape index (κ3) is 4.21. The number of hydrogen-bond donors (Lipinski definition) is 1. The van der Waals surface area contributed by atoms with E-state index in [1.807, 2.05) is 12.1 Å². The van der Waals surface area contributed by atoms with Gasteiger partial charge in [-0.2, -0.15) is 0 Å². The van der Waals surface area contributed by atoms with Gasteiger partial charge in [-0.3, -0.25) is 0 Å². The summed E-state index contributed by atoms with van der Waals surface area (Å²) in [5.74, 6) is 1.93. The molecule has 0 aliphatic rings. The summed E-state index contributed by atoms with van der Waals surface area (Å²) in [7, 11) is 4.89. The third-order valence-corrected chi connectivity index (χ3v) is 2.94. The first-order valence-electron chi connectivity index (χ1n) is 6.64. The summed E-state index contributed by atoms with van der Waals surface area (Å²) < 4.78 is 21.0. The van der Waals surface area contributed by atoms with Crippen molar-refractivity contribution in [1.82, 2.24) is 10.3 Å². The Morgan fingerprint density at radius 3 is 2.43 bits per heavy atom. The Hall–Kier alpha value is -2.05. The molecule has 0 unspecified atom stereocenters. The maximum atomic E-state index is 5.51. The van der Waals surface area contributed by atoms with Gasteiger partial charge in [-0.25, -0.2) is 4.98 Å². The van der Waals surface area contributed by atoms with Crippen molar-refractivity contribution < 1.29 is 18.6 Å². The smallest absolute Gasteiger partial charge is 0.226 e. The molecular weight excluding hydrogens is 272 g/mol. The molecule has 0 radical (unpaired) electrons. The first kappa shape index (κ1) is 15.3. The van der Waals surface area contributed by atoms with Crippen molar-refractivity contribution in [1.29, 1.82) is 0 Å². The first-order valence-corrected chi connectivity index (χ1v) is 6.64. The fourth-order valence-electron chi connectivity index (χ4n) is 1.84. The molecule has 0 aliphatic heterocycles. The van der Waals surface area contributed by atoms with Gasteiger partial charge in [0.2, 0.25) is 5.89 Å². The zero-order valence-corrected chi connectivity index (χ0v) is 12.5. The van der Waals surface area contributed by atoms with Gasteiger partial charge < -0.3 is 23.9 Å². The topological polar surface area (TPSA) is 65.8 Å². The van der Waals surface area contributed by atoms with Crippen LogP contribution in [0.25, 0.3) is 11.5 Å². The van der Waals surface area contributed by atoms with E-state index in [4.69, 9.17) is 18.6 Å². The fourth-order valence-corrected chi connectivity index (χ4v) is 1.84. The number of aromatic nitrogens is 1. The van der Waals surface area contributed by atoms with Crippen LogP contribution in [0.15, 0.2) is 28.9 Å². The number of rotatable bonds is 8. The van der Waals surface area contributed by atoms with Crippen LogP contribution in [0.4, 0.5) is 0 Å². The number of oxazole rings is 1. The normalized spacial score (nSPS) is 10.6. The van der Waals surface area contributed by atoms with Crippen molar-refractivity contribution >= 4 is 0 Å². The Kier molecular flexibility index (Phi) is 5.59. The summed E-state index contributed by atoms with van der Waals surface area (Å²) in [6, 6.07) is 5.52. The van der Waals surface area contributed by atoms with Gasteiger partial charge in [0.25, 0.3) is 0 Å². The highest BCUT2D eigenvalue weighted by Crippen LogP contribution is 2.29. The van der Waals surface area contributed by atoms with Crippen molar-refractivity contribution in [2.45, 2.75) is 6.54 Å². The lowest BCUT2D eigenvalue weighted by Gasteiger charge is -2.06. The molecule has 21 heavy (non-hydrogen) atoms. The Morgan fingerprint density at radius 1 is 1.10 bits per heavy atom. The fraction of sp³-hybridized carbons (Fsp3) is 0.400. The summed E-state index contributed by atoms with van der Waals surface area (Å²) in [6.45, 7) is 2.07. The lowest BCUT2D eigenvalue weighted by molar-refractivity contribution is 0.199. The highest BCUT2D eigenvalue weighted by molar-refractivity contribution is 5.59. The van der Waals surface area contributed by atoms with Gasteiger partial charge in [-0.05, 0) is 12.1 Å². The molecule has 6 heteroatoms. The molecule has 6 nitrogen and oxygen atoms in total. The van der Waals surface area contributed by atoms with E-state index in [0.717, 1.165) is 17.8 Å². The lowest BCUT2D eigenvalue weighted by atomic mass is 10.2. The van der Waals surface area contributed by atoms with Gasteiger partial charge in [0.05, 0.1) is 26.5 Å². The lowest BCUT2D eigenvalue weighted by Crippen LogP contribution is -2.18. The molecule has 1 aromatic carbocycles. The molecule has 0 amide bonds. The van der Waals surface area contributed by atoms with Crippen LogP contribution in [0.2, 0.25) is 0 Å². The minimum Gasteiger partial charge on any atom is -0.497 e. The first-order chi connectivity index (χ1) is 10.3. The molecule has 114 valence electrons. The standard InChI is InChI=1S/C15H20N2O4/c1-18-5-4-16-9-12-10-21-15(17-12)11-6-13(19-2)8-14(7-11)20-3/h6-8,10,16H,4-5,9H2,1-3H3. The van der Waals surface area contributed by atoms with Crippen LogP contribution in [-0.2, 0) is 11.3 Å². The Bertz CT molecular complexity index is 546. The number of nitrogens with zero attached hydrogens (tertiary/aromatic N) is 1. The molecule has 2 rings (SSSR count). The molecule has 0 saturated carbocycles. The van der Waals surface area contributed by atoms with E-state index < -0.39 is 0 Å². The van der Waals surface area contributed by atoms with E-state index in [9.17, 15) is 0 Å². The third-order valence-electron chi connectivity index (χ3n) is 2.94. The van der Waals surface area contributed by atoms with Gasteiger partial charge >= 0.3 is 0 Å². The second kappa shape index (κ2) is 7.66. The van der Waals surface area contributed by atoms with Gasteiger partial charge in [0, 0.05) is 31.8 Å². The Labute approximate surface area is 124 Å². The Balaban J connectivity index is 2.09. The van der Waals surface area contributed by atoms with Gasteiger partial charge in [-0.1, -0.05) is 0 Å². The number of nitrogens with one attached hydrogen (secondary N) is 1. The summed E-state index contributed by atoms with van der Waals surface area (Å²) in [6.07, 6.45) is 1.64. The molecule has 0 saturated heterocycles. The SMILES string of the molecule is COCCNCc1coc(-c2cc(OC)cc(OC)c2)n1. The number of ether oxygens (including phenoxy) is 3. The average molecular weight is 292 g/mol. The molecule has 1 N–H and O–H groups in total. The molecule has 1 aromatic heterocycles. The maximum absolute atomic E-state index is 5.51. The maximum Gasteiger partial charge on any atom is 0.226 e. The van der Waals surface area contributed by atoms with E-state index in [0.29, 0.717) is 30.5 Å². The number of benzene rings is 1. The largest absolute Gasteiger partial charge is 0.497 e. The predicted molar refractivity (Wildman–Crippen MR) is 78.6 cm³/mol. The van der Waals surface area contributed by atoms with Crippen LogP contribution in [0.1, 0.15) is 5.69 Å². The van der Waals surface area contributed by atoms with Crippen LogP contribution < -0.4 is 14.8 Å². The summed E-state index contributed by atoms with van der Waals surface area (Å²) in [4.78, 5) is 4.45.